The summed E-state index contributed by atoms with van der Waals surface area (Å²) in [7, 11) is -5.70. The van der Waals surface area contributed by atoms with E-state index in [4.69, 9.17) is 0 Å². The van der Waals surface area contributed by atoms with Gasteiger partial charge in [-0.15, -0.1) is 0 Å². The van der Waals surface area contributed by atoms with E-state index in [-0.39, 0.29) is 12.2 Å². The van der Waals surface area contributed by atoms with Gasteiger partial charge in [0, 0.05) is 25.1 Å². The summed E-state index contributed by atoms with van der Waals surface area (Å²) in [5.41, 5.74) is -5.31. The highest BCUT2D eigenvalue weighted by molar-refractivity contribution is 7.92. The van der Waals surface area contributed by atoms with Crippen molar-refractivity contribution in [1.29, 1.82) is 0 Å². The Morgan fingerprint density at radius 3 is 2.46 bits per heavy atom. The second-order valence-electron chi connectivity index (χ2n) is 5.81. The second kappa shape index (κ2) is 7.23. The maximum Gasteiger partial charge on any atom is 0.501 e. The second-order valence-corrected chi connectivity index (χ2v) is 7.72. The summed E-state index contributed by atoms with van der Waals surface area (Å²) < 4.78 is 77.0. The summed E-state index contributed by atoms with van der Waals surface area (Å²) >= 11 is 0. The van der Waals surface area contributed by atoms with E-state index in [1.165, 1.54) is 6.20 Å². The van der Waals surface area contributed by atoms with Crippen LogP contribution in [0.25, 0.3) is 5.82 Å². The summed E-state index contributed by atoms with van der Waals surface area (Å²) in [6.07, 6.45) is 4.83. The van der Waals surface area contributed by atoms with Crippen molar-refractivity contribution in [3.8, 4) is 5.82 Å². The van der Waals surface area contributed by atoms with Crippen molar-refractivity contribution in [2.75, 3.05) is 5.32 Å². The Morgan fingerprint density at radius 2 is 1.89 bits per heavy atom. The molecule has 1 N–H and O–H groups in total. The third-order valence-electron chi connectivity index (χ3n) is 3.90. The quantitative estimate of drug-likeness (QED) is 0.646. The monoisotopic (exact) mass is 414 g/mol. The van der Waals surface area contributed by atoms with E-state index in [2.05, 4.69) is 15.3 Å². The van der Waals surface area contributed by atoms with Crippen LogP contribution in [0.1, 0.15) is 11.4 Å². The topological polar surface area (TPSA) is 76.9 Å². The summed E-state index contributed by atoms with van der Waals surface area (Å²) in [5, 5.41) is 2.60. The molecule has 11 heteroatoms. The average molecular weight is 414 g/mol. The van der Waals surface area contributed by atoms with Crippen molar-refractivity contribution >= 4 is 15.5 Å². The minimum absolute atomic E-state index is 0.0117. The van der Waals surface area contributed by atoms with Crippen LogP contribution in [0.5, 0.6) is 0 Å². The molecule has 0 aliphatic carbocycles. The van der Waals surface area contributed by atoms with E-state index in [0.29, 0.717) is 17.4 Å². The maximum absolute atomic E-state index is 13.4. The van der Waals surface area contributed by atoms with Gasteiger partial charge in [-0.1, -0.05) is 6.07 Å². The van der Waals surface area contributed by atoms with Crippen LogP contribution in [-0.2, 0) is 16.4 Å². The number of alkyl halides is 3. The number of anilines is 1. The lowest BCUT2D eigenvalue weighted by Gasteiger charge is -2.14. The molecule has 0 unspecified atom stereocenters. The van der Waals surface area contributed by atoms with Crippen LogP contribution in [0.4, 0.5) is 23.2 Å². The third-order valence-corrected chi connectivity index (χ3v) is 5.43. The molecule has 3 aromatic rings. The molecule has 0 aliphatic rings. The Hall–Kier alpha value is -2.95. The van der Waals surface area contributed by atoms with Crippen LogP contribution in [-0.4, -0.2) is 28.5 Å². The Labute approximate surface area is 157 Å². The molecule has 3 rings (SSSR count). The van der Waals surface area contributed by atoms with Crippen molar-refractivity contribution < 1.29 is 26.0 Å². The van der Waals surface area contributed by atoms with Gasteiger partial charge in [-0.2, -0.15) is 13.2 Å². The van der Waals surface area contributed by atoms with E-state index in [9.17, 15) is 26.0 Å². The first-order valence-corrected chi connectivity index (χ1v) is 9.38. The molecule has 6 nitrogen and oxygen atoms in total. The Morgan fingerprint density at radius 1 is 1.14 bits per heavy atom. The SMILES string of the molecule is Cc1nccn1-c1ccc(CNc2ccc(F)cc2S(=O)(=O)C(F)(F)F)cn1. The number of sulfone groups is 1. The lowest BCUT2D eigenvalue weighted by molar-refractivity contribution is -0.0435. The molecule has 2 heterocycles. The molecule has 148 valence electrons. The predicted octanol–water partition coefficient (Wildman–Crippen LogP) is 3.62. The number of aromatic nitrogens is 3. The summed E-state index contributed by atoms with van der Waals surface area (Å²) in [6.45, 7) is 1.79. The number of nitrogens with one attached hydrogen (secondary N) is 1. The van der Waals surface area contributed by atoms with Crippen molar-refractivity contribution in [1.82, 2.24) is 14.5 Å². The van der Waals surface area contributed by atoms with Gasteiger partial charge in [-0.3, -0.25) is 4.57 Å². The largest absolute Gasteiger partial charge is 0.501 e. The zero-order valence-corrected chi connectivity index (χ0v) is 15.2. The zero-order chi connectivity index (χ0) is 20.5. The summed E-state index contributed by atoms with van der Waals surface area (Å²) in [6, 6.07) is 5.53. The van der Waals surface area contributed by atoms with Gasteiger partial charge in [0.1, 0.15) is 22.4 Å². The minimum Gasteiger partial charge on any atom is -0.380 e. The van der Waals surface area contributed by atoms with Crippen LogP contribution in [0.15, 0.2) is 53.8 Å². The van der Waals surface area contributed by atoms with Gasteiger partial charge in [0.05, 0.1) is 5.69 Å². The van der Waals surface area contributed by atoms with Gasteiger partial charge < -0.3 is 5.32 Å². The molecule has 0 fully saturated rings. The van der Waals surface area contributed by atoms with Crippen molar-refractivity contribution in [2.24, 2.45) is 0 Å². The fourth-order valence-corrected chi connectivity index (χ4v) is 3.42. The Kier molecular flexibility index (Phi) is 5.11. The molecular weight excluding hydrogens is 400 g/mol. The Balaban J connectivity index is 1.83. The molecule has 2 aromatic heterocycles. The van der Waals surface area contributed by atoms with Crippen LogP contribution in [0.3, 0.4) is 0 Å². The highest BCUT2D eigenvalue weighted by Gasteiger charge is 2.48. The lowest BCUT2D eigenvalue weighted by Crippen LogP contribution is -2.24. The number of hydrogen-bond acceptors (Lipinski definition) is 5. The number of rotatable bonds is 5. The fraction of sp³-hybridized carbons (Fsp3) is 0.176. The standard InChI is InChI=1S/C17H14F4N4O2S/c1-11-22-6-7-25(11)16-5-2-12(10-24-16)9-23-14-4-3-13(18)8-15(14)28(26,27)17(19,20)21/h2-8,10,23H,9H2,1H3. The summed E-state index contributed by atoms with van der Waals surface area (Å²) in [5.74, 6) is 0.239. The number of benzene rings is 1. The number of aryl methyl sites for hydroxylation is 1. The molecule has 0 radical (unpaired) electrons. The molecular formula is C17H14F4N4O2S. The van der Waals surface area contributed by atoms with Gasteiger partial charge >= 0.3 is 5.51 Å². The first-order valence-electron chi connectivity index (χ1n) is 7.89. The lowest BCUT2D eigenvalue weighted by atomic mass is 10.2. The number of nitrogens with zero attached hydrogens (tertiary/aromatic N) is 3. The number of hydrogen-bond donors (Lipinski definition) is 1. The van der Waals surface area contributed by atoms with E-state index < -0.39 is 26.1 Å². The van der Waals surface area contributed by atoms with Crippen LogP contribution < -0.4 is 5.32 Å². The van der Waals surface area contributed by atoms with Crippen molar-refractivity contribution in [2.45, 2.75) is 23.9 Å². The highest BCUT2D eigenvalue weighted by Crippen LogP contribution is 2.35. The van der Waals surface area contributed by atoms with Gasteiger partial charge in [-0.25, -0.2) is 22.8 Å². The van der Waals surface area contributed by atoms with Crippen LogP contribution in [0.2, 0.25) is 0 Å². The molecule has 0 aliphatic heterocycles. The number of imidazole rings is 1. The van der Waals surface area contributed by atoms with Crippen molar-refractivity contribution in [3.63, 3.8) is 0 Å². The maximum atomic E-state index is 13.4. The van der Waals surface area contributed by atoms with Crippen LogP contribution in [0, 0.1) is 12.7 Å². The van der Waals surface area contributed by atoms with Crippen molar-refractivity contribution in [3.05, 3.63) is 66.1 Å². The zero-order valence-electron chi connectivity index (χ0n) is 14.4. The smallest absolute Gasteiger partial charge is 0.380 e. The average Bonchev–Trinajstić information content (AvgIpc) is 3.06. The third kappa shape index (κ3) is 3.84. The normalized spacial score (nSPS) is 12.2. The van der Waals surface area contributed by atoms with Gasteiger partial charge in [-0.05, 0) is 36.8 Å². The van der Waals surface area contributed by atoms with E-state index in [0.717, 1.165) is 18.0 Å². The molecule has 0 saturated heterocycles. The fourth-order valence-electron chi connectivity index (χ4n) is 2.47. The molecule has 0 spiro atoms. The Bertz CT molecular complexity index is 1090. The predicted molar refractivity (Wildman–Crippen MR) is 93.1 cm³/mol. The van der Waals surface area contributed by atoms with Gasteiger partial charge in [0.15, 0.2) is 0 Å². The van der Waals surface area contributed by atoms with Gasteiger partial charge in [0.2, 0.25) is 0 Å². The first-order chi connectivity index (χ1) is 13.1. The highest BCUT2D eigenvalue weighted by atomic mass is 32.2. The summed E-state index contributed by atoms with van der Waals surface area (Å²) in [4.78, 5) is 7.16. The van der Waals surface area contributed by atoms with Gasteiger partial charge in [0.25, 0.3) is 9.84 Å². The molecule has 0 atom stereocenters. The molecule has 0 bridgehead atoms. The van der Waals surface area contributed by atoms with E-state index in [1.54, 1.807) is 36.0 Å². The molecule has 0 amide bonds. The number of pyridine rings is 1. The van der Waals surface area contributed by atoms with Crippen LogP contribution >= 0.6 is 0 Å². The minimum atomic E-state index is -5.70. The molecule has 28 heavy (non-hydrogen) atoms. The number of halogens is 4. The van der Waals surface area contributed by atoms with E-state index >= 15 is 0 Å². The molecule has 0 saturated carbocycles. The first kappa shape index (κ1) is 19.8. The van der Waals surface area contributed by atoms with E-state index in [1.807, 2.05) is 0 Å². The molecule has 1 aromatic carbocycles.